The fraction of sp³-hybridized carbons (Fsp3) is 0.200. The van der Waals surface area contributed by atoms with Crippen molar-refractivity contribution in [3.63, 3.8) is 0 Å². The monoisotopic (exact) mass is 802 g/mol. The van der Waals surface area contributed by atoms with Gasteiger partial charge in [-0.15, -0.1) is 0 Å². The van der Waals surface area contributed by atoms with E-state index in [1.807, 2.05) is 0 Å². The first-order chi connectivity index (χ1) is 30.5. The topological polar surface area (TPSA) is 6.48 Å². The van der Waals surface area contributed by atoms with Gasteiger partial charge in [0.15, 0.2) is 0 Å². The minimum atomic E-state index is -0.233. The number of rotatable bonds is 10. The molecule has 62 heavy (non-hydrogen) atoms. The van der Waals surface area contributed by atoms with Crippen LogP contribution in [0.15, 0.2) is 176 Å². The first-order valence-corrected chi connectivity index (χ1v) is 22.9. The predicted molar refractivity (Wildman–Crippen MR) is 263 cm³/mol. The Morgan fingerprint density at radius 1 is 0.435 bits per heavy atom. The predicted octanol–water partition coefficient (Wildman–Crippen LogP) is 16.7. The standard InChI is InChI=1S/C60H54N2/c1-5-7-19-40-29-32-45(33-30-40)61-52-28-18-16-26-47(52)50-38-44(42-21-11-9-12-22-42)39-55-56(50)59(61)57-54(36-34-48-46-25-15-17-27-51(46)60(3,4)58(48)57)62(55)53-35-31-41(20-8-6-2)37-49(53)43-23-13-10-14-24-43/h9-18,21-39,59H,5-8,19-20H2,1-4H3. The molecular weight excluding hydrogens is 749 g/mol. The zero-order valence-corrected chi connectivity index (χ0v) is 36.5. The van der Waals surface area contributed by atoms with Crippen LogP contribution in [0.5, 0.6) is 0 Å². The van der Waals surface area contributed by atoms with Crippen LogP contribution >= 0.6 is 0 Å². The Labute approximate surface area is 368 Å². The molecular formula is C60H54N2. The van der Waals surface area contributed by atoms with Crippen molar-refractivity contribution in [1.29, 1.82) is 0 Å². The molecule has 2 nitrogen and oxygen atoms in total. The summed E-state index contributed by atoms with van der Waals surface area (Å²) in [5, 5.41) is 0. The highest BCUT2D eigenvalue weighted by atomic mass is 15.2. The Morgan fingerprint density at radius 3 is 1.81 bits per heavy atom. The highest BCUT2D eigenvalue weighted by Crippen LogP contribution is 2.65. The highest BCUT2D eigenvalue weighted by molar-refractivity contribution is 6.03. The molecule has 304 valence electrons. The Hall–Kier alpha value is -6.64. The fourth-order valence-corrected chi connectivity index (χ4v) is 11.0. The van der Waals surface area contributed by atoms with Crippen LogP contribution in [0.3, 0.4) is 0 Å². The molecule has 0 amide bonds. The molecule has 2 aliphatic heterocycles. The van der Waals surface area contributed by atoms with Gasteiger partial charge in [-0.05, 0) is 130 Å². The van der Waals surface area contributed by atoms with Gasteiger partial charge in [-0.3, -0.25) is 0 Å². The van der Waals surface area contributed by atoms with E-state index in [0.717, 1.165) is 12.8 Å². The fourth-order valence-electron chi connectivity index (χ4n) is 11.0. The molecule has 0 radical (unpaired) electrons. The summed E-state index contributed by atoms with van der Waals surface area (Å²) in [7, 11) is 0. The molecule has 1 atom stereocenters. The number of hydrogen-bond acceptors (Lipinski definition) is 2. The van der Waals surface area contributed by atoms with Crippen LogP contribution in [0, 0.1) is 0 Å². The maximum atomic E-state index is 2.69. The smallest absolute Gasteiger partial charge is 0.0894 e. The Morgan fingerprint density at radius 2 is 1.06 bits per heavy atom. The molecule has 2 heteroatoms. The van der Waals surface area contributed by atoms with Crippen LogP contribution in [0.2, 0.25) is 0 Å². The van der Waals surface area contributed by atoms with Gasteiger partial charge in [0, 0.05) is 39.0 Å². The third kappa shape index (κ3) is 6.06. The number of anilines is 5. The van der Waals surface area contributed by atoms with Crippen LogP contribution < -0.4 is 9.80 Å². The summed E-state index contributed by atoms with van der Waals surface area (Å²) in [5.41, 5.74) is 24.5. The van der Waals surface area contributed by atoms with E-state index in [-0.39, 0.29) is 11.5 Å². The maximum absolute atomic E-state index is 2.69. The molecule has 1 aliphatic carbocycles. The summed E-state index contributed by atoms with van der Waals surface area (Å²) in [6, 6.07) is 67.0. The lowest BCUT2D eigenvalue weighted by atomic mass is 9.72. The summed E-state index contributed by atoms with van der Waals surface area (Å²) >= 11 is 0. The van der Waals surface area contributed by atoms with Gasteiger partial charge < -0.3 is 9.80 Å². The van der Waals surface area contributed by atoms with Crippen molar-refractivity contribution >= 4 is 28.4 Å². The summed E-state index contributed by atoms with van der Waals surface area (Å²) in [6.07, 6.45) is 6.90. The number of fused-ring (bicyclic) bond motifs is 8. The van der Waals surface area contributed by atoms with Gasteiger partial charge in [-0.25, -0.2) is 0 Å². The third-order valence-electron chi connectivity index (χ3n) is 14.0. The van der Waals surface area contributed by atoms with Crippen molar-refractivity contribution in [3.05, 3.63) is 209 Å². The molecule has 0 saturated carbocycles. The normalized spacial score (nSPS) is 15.1. The molecule has 0 aromatic heterocycles. The zero-order valence-electron chi connectivity index (χ0n) is 36.5. The van der Waals surface area contributed by atoms with Gasteiger partial charge in [0.05, 0.1) is 23.1 Å². The number of para-hydroxylation sites is 1. The van der Waals surface area contributed by atoms with Crippen molar-refractivity contribution in [2.75, 3.05) is 9.80 Å². The SMILES string of the molecule is CCCCc1ccc(N2c3ccccc3-c3cc(-c4ccccc4)cc4c3C2c2c(ccc3c2C(C)(C)c2ccccc2-3)N4c2ccc(CCCC)cc2-c2ccccc2)cc1. The van der Waals surface area contributed by atoms with E-state index < -0.39 is 0 Å². The van der Waals surface area contributed by atoms with Gasteiger partial charge in [-0.1, -0.05) is 168 Å². The summed E-state index contributed by atoms with van der Waals surface area (Å²) in [4.78, 5) is 5.34. The molecule has 0 bridgehead atoms. The second kappa shape index (κ2) is 15.4. The van der Waals surface area contributed by atoms with Gasteiger partial charge >= 0.3 is 0 Å². The molecule has 2 heterocycles. The van der Waals surface area contributed by atoms with E-state index in [1.54, 1.807) is 0 Å². The minimum Gasteiger partial charge on any atom is -0.329 e. The van der Waals surface area contributed by atoms with Gasteiger partial charge in [0.1, 0.15) is 0 Å². The van der Waals surface area contributed by atoms with Crippen LogP contribution in [0.25, 0.3) is 44.5 Å². The molecule has 1 unspecified atom stereocenters. The second-order valence-corrected chi connectivity index (χ2v) is 18.1. The highest BCUT2D eigenvalue weighted by Gasteiger charge is 2.48. The van der Waals surface area contributed by atoms with E-state index in [0.29, 0.717) is 0 Å². The molecule has 8 aromatic carbocycles. The molecule has 0 fully saturated rings. The lowest BCUT2D eigenvalue weighted by Crippen LogP contribution is -2.36. The first kappa shape index (κ1) is 38.3. The lowest BCUT2D eigenvalue weighted by Gasteiger charge is -2.49. The Bertz CT molecular complexity index is 2960. The average Bonchev–Trinajstić information content (AvgIpc) is 3.56. The van der Waals surface area contributed by atoms with Crippen molar-refractivity contribution in [3.8, 4) is 44.5 Å². The van der Waals surface area contributed by atoms with Crippen LogP contribution in [-0.4, -0.2) is 0 Å². The van der Waals surface area contributed by atoms with Crippen molar-refractivity contribution in [2.45, 2.75) is 77.7 Å². The van der Waals surface area contributed by atoms with E-state index in [2.05, 4.69) is 213 Å². The van der Waals surface area contributed by atoms with Crippen LogP contribution in [-0.2, 0) is 18.3 Å². The molecule has 0 spiro atoms. The van der Waals surface area contributed by atoms with Gasteiger partial charge in [-0.2, -0.15) is 0 Å². The minimum absolute atomic E-state index is 0.0833. The van der Waals surface area contributed by atoms with Gasteiger partial charge in [0.2, 0.25) is 0 Å². The van der Waals surface area contributed by atoms with Crippen molar-refractivity contribution < 1.29 is 0 Å². The van der Waals surface area contributed by atoms with E-state index in [4.69, 9.17) is 0 Å². The number of nitrogens with zero attached hydrogens (tertiary/aromatic N) is 2. The summed E-state index contributed by atoms with van der Waals surface area (Å²) in [6.45, 7) is 9.48. The summed E-state index contributed by atoms with van der Waals surface area (Å²) < 4.78 is 0. The number of hydrogen-bond donors (Lipinski definition) is 0. The van der Waals surface area contributed by atoms with E-state index in [1.165, 1.54) is 132 Å². The Balaban J connectivity index is 1.27. The number of unbranched alkanes of at least 4 members (excludes halogenated alkanes) is 2. The maximum Gasteiger partial charge on any atom is 0.0894 e. The Kier molecular flexibility index (Phi) is 9.49. The molecule has 11 rings (SSSR count). The van der Waals surface area contributed by atoms with E-state index in [9.17, 15) is 0 Å². The first-order valence-electron chi connectivity index (χ1n) is 22.9. The largest absolute Gasteiger partial charge is 0.329 e. The molecule has 8 aromatic rings. The van der Waals surface area contributed by atoms with Crippen molar-refractivity contribution in [1.82, 2.24) is 0 Å². The third-order valence-corrected chi connectivity index (χ3v) is 14.0. The molecule has 0 saturated heterocycles. The molecule has 3 aliphatic rings. The van der Waals surface area contributed by atoms with Crippen LogP contribution in [0.4, 0.5) is 28.4 Å². The van der Waals surface area contributed by atoms with Gasteiger partial charge in [0.25, 0.3) is 0 Å². The lowest BCUT2D eigenvalue weighted by molar-refractivity contribution is 0.639. The average molecular weight is 803 g/mol. The van der Waals surface area contributed by atoms with E-state index >= 15 is 0 Å². The zero-order chi connectivity index (χ0) is 42.0. The van der Waals surface area contributed by atoms with Crippen LogP contribution in [0.1, 0.15) is 92.8 Å². The quantitative estimate of drug-likeness (QED) is 0.136. The van der Waals surface area contributed by atoms with Crippen molar-refractivity contribution in [2.24, 2.45) is 0 Å². The second-order valence-electron chi connectivity index (χ2n) is 18.1. The number of aryl methyl sites for hydroxylation is 2. The number of benzene rings is 8. The molecule has 0 N–H and O–H groups in total. The summed E-state index contributed by atoms with van der Waals surface area (Å²) in [5.74, 6) is 0.